The number of allylic oxidation sites excluding steroid dienone is 3. The molecule has 1 saturated heterocycles. The Labute approximate surface area is 113 Å². The molecule has 0 N–H and O–H groups in total. The summed E-state index contributed by atoms with van der Waals surface area (Å²) in [6.07, 6.45) is 8.52. The summed E-state index contributed by atoms with van der Waals surface area (Å²) in [7, 11) is -0.218. The van der Waals surface area contributed by atoms with Crippen molar-refractivity contribution >= 4 is 7.12 Å². The van der Waals surface area contributed by atoms with Crippen LogP contribution in [0.3, 0.4) is 0 Å². The summed E-state index contributed by atoms with van der Waals surface area (Å²) in [5.41, 5.74) is 0.683. The van der Waals surface area contributed by atoms with Crippen molar-refractivity contribution in [3.8, 4) is 0 Å². The van der Waals surface area contributed by atoms with Crippen molar-refractivity contribution in [1.82, 2.24) is 0 Å². The average molecular weight is 250 g/mol. The third-order valence-electron chi connectivity index (χ3n) is 3.90. The van der Waals surface area contributed by atoms with Gasteiger partial charge in [0.05, 0.1) is 11.2 Å². The summed E-state index contributed by atoms with van der Waals surface area (Å²) in [5, 5.41) is 0. The molecule has 2 nitrogen and oxygen atoms in total. The van der Waals surface area contributed by atoms with Crippen molar-refractivity contribution in [1.29, 1.82) is 0 Å². The molecule has 3 heteroatoms. The summed E-state index contributed by atoms with van der Waals surface area (Å²) in [6, 6.07) is 0. The molecular weight excluding hydrogens is 223 g/mol. The predicted octanol–water partition coefficient (Wildman–Crippen LogP) is 4.31. The molecule has 0 spiro atoms. The predicted molar refractivity (Wildman–Crippen MR) is 78.5 cm³/mol. The molecule has 0 aliphatic carbocycles. The van der Waals surface area contributed by atoms with Gasteiger partial charge in [-0.05, 0) is 46.0 Å². The van der Waals surface area contributed by atoms with Crippen LogP contribution in [0.4, 0.5) is 0 Å². The van der Waals surface area contributed by atoms with Gasteiger partial charge in [-0.3, -0.25) is 0 Å². The third-order valence-corrected chi connectivity index (χ3v) is 3.90. The lowest BCUT2D eigenvalue weighted by molar-refractivity contribution is 0.00578. The van der Waals surface area contributed by atoms with E-state index in [1.165, 1.54) is 18.3 Å². The highest BCUT2D eigenvalue weighted by Gasteiger charge is 2.51. The van der Waals surface area contributed by atoms with Gasteiger partial charge < -0.3 is 9.31 Å². The smallest absolute Gasteiger partial charge is 0.400 e. The molecule has 0 bridgehead atoms. The topological polar surface area (TPSA) is 18.5 Å². The first-order valence-electron chi connectivity index (χ1n) is 6.99. The van der Waals surface area contributed by atoms with E-state index >= 15 is 0 Å². The molecule has 0 radical (unpaired) electrons. The van der Waals surface area contributed by atoms with E-state index in [1.54, 1.807) is 0 Å². The van der Waals surface area contributed by atoms with Crippen LogP contribution in [0.5, 0.6) is 0 Å². The van der Waals surface area contributed by atoms with Gasteiger partial charge in [0.15, 0.2) is 0 Å². The molecule has 1 heterocycles. The molecule has 0 saturated carbocycles. The number of rotatable bonds is 6. The van der Waals surface area contributed by atoms with E-state index in [0.29, 0.717) is 0 Å². The normalized spacial score (nSPS) is 22.3. The van der Waals surface area contributed by atoms with Gasteiger partial charge in [-0.2, -0.15) is 0 Å². The van der Waals surface area contributed by atoms with Gasteiger partial charge in [0.2, 0.25) is 0 Å². The highest BCUT2D eigenvalue weighted by Crippen LogP contribution is 2.39. The van der Waals surface area contributed by atoms with E-state index in [9.17, 15) is 0 Å². The molecule has 0 amide bonds. The molecule has 0 unspecified atom stereocenters. The van der Waals surface area contributed by atoms with Crippen LogP contribution in [0.2, 0.25) is 0 Å². The van der Waals surface area contributed by atoms with Gasteiger partial charge in [0.25, 0.3) is 0 Å². The highest BCUT2D eigenvalue weighted by molar-refractivity contribution is 6.54. The third kappa shape index (κ3) is 3.49. The SMILES string of the molecule is C=CC/C(=C/CCCC)B1OC(C)(C)C(C)(C)O1. The molecule has 0 aromatic carbocycles. The van der Waals surface area contributed by atoms with Crippen molar-refractivity contribution in [2.75, 3.05) is 0 Å². The van der Waals surface area contributed by atoms with E-state index in [0.717, 1.165) is 12.8 Å². The van der Waals surface area contributed by atoms with E-state index in [2.05, 4.69) is 47.3 Å². The monoisotopic (exact) mass is 250 g/mol. The van der Waals surface area contributed by atoms with E-state index in [4.69, 9.17) is 9.31 Å². The van der Waals surface area contributed by atoms with Gasteiger partial charge in [-0.1, -0.05) is 31.9 Å². The fourth-order valence-electron chi connectivity index (χ4n) is 1.93. The first-order valence-corrected chi connectivity index (χ1v) is 6.99. The molecular formula is C15H27BO2. The molecule has 1 rings (SSSR count). The Morgan fingerprint density at radius 3 is 2.17 bits per heavy atom. The molecule has 0 atom stereocenters. The van der Waals surface area contributed by atoms with Crippen LogP contribution >= 0.6 is 0 Å². The minimum Gasteiger partial charge on any atom is -0.400 e. The molecule has 1 fully saturated rings. The van der Waals surface area contributed by atoms with Crippen LogP contribution in [0.15, 0.2) is 24.2 Å². The maximum absolute atomic E-state index is 6.07. The van der Waals surface area contributed by atoms with Crippen molar-refractivity contribution in [3.63, 3.8) is 0 Å². The Kier molecular flexibility index (Phi) is 5.24. The second kappa shape index (κ2) is 6.07. The summed E-state index contributed by atoms with van der Waals surface area (Å²) in [6.45, 7) is 14.4. The van der Waals surface area contributed by atoms with Gasteiger partial charge >= 0.3 is 7.12 Å². The lowest BCUT2D eigenvalue weighted by Gasteiger charge is -2.32. The Morgan fingerprint density at radius 1 is 1.17 bits per heavy atom. The van der Waals surface area contributed by atoms with Crippen molar-refractivity contribution in [2.24, 2.45) is 0 Å². The number of unbranched alkanes of at least 4 members (excludes halogenated alkanes) is 2. The summed E-state index contributed by atoms with van der Waals surface area (Å²) >= 11 is 0. The van der Waals surface area contributed by atoms with Crippen molar-refractivity contribution < 1.29 is 9.31 Å². The number of hydrogen-bond acceptors (Lipinski definition) is 2. The summed E-state index contributed by atoms with van der Waals surface area (Å²) in [4.78, 5) is 0. The maximum Gasteiger partial charge on any atom is 0.490 e. The van der Waals surface area contributed by atoms with Crippen LogP contribution in [0.1, 0.15) is 60.3 Å². The molecule has 1 aliphatic heterocycles. The summed E-state index contributed by atoms with van der Waals surface area (Å²) in [5.74, 6) is 0. The maximum atomic E-state index is 6.07. The fraction of sp³-hybridized carbons (Fsp3) is 0.733. The zero-order valence-electron chi connectivity index (χ0n) is 12.6. The first kappa shape index (κ1) is 15.5. The van der Waals surface area contributed by atoms with Gasteiger partial charge in [-0.15, -0.1) is 6.58 Å². The second-order valence-electron chi connectivity index (χ2n) is 6.00. The quantitative estimate of drug-likeness (QED) is 0.397. The Bertz CT molecular complexity index is 302. The second-order valence-corrected chi connectivity index (χ2v) is 6.00. The van der Waals surface area contributed by atoms with Crippen LogP contribution in [-0.2, 0) is 9.31 Å². The molecule has 0 aromatic heterocycles. The standard InChI is InChI=1S/C15H27BO2/c1-7-9-10-12-13(11-8-2)16-17-14(3,4)15(5,6)18-16/h8,12H,2,7,9-11H2,1,3-6H3/b13-12-. The largest absolute Gasteiger partial charge is 0.490 e. The molecule has 102 valence electrons. The average Bonchev–Trinajstić information content (AvgIpc) is 2.47. The van der Waals surface area contributed by atoms with Crippen LogP contribution in [0, 0.1) is 0 Å². The minimum atomic E-state index is -0.261. The molecule has 0 aromatic rings. The Balaban J connectivity index is 2.77. The van der Waals surface area contributed by atoms with Gasteiger partial charge in [-0.25, -0.2) is 0 Å². The van der Waals surface area contributed by atoms with Crippen LogP contribution < -0.4 is 0 Å². The lowest BCUT2D eigenvalue weighted by atomic mass is 9.75. The van der Waals surface area contributed by atoms with E-state index in [1.807, 2.05) is 6.08 Å². The first-order chi connectivity index (χ1) is 8.34. The van der Waals surface area contributed by atoms with Crippen LogP contribution in [0.25, 0.3) is 0 Å². The Morgan fingerprint density at radius 2 is 1.72 bits per heavy atom. The van der Waals surface area contributed by atoms with Gasteiger partial charge in [0, 0.05) is 0 Å². The van der Waals surface area contributed by atoms with E-state index in [-0.39, 0.29) is 18.3 Å². The van der Waals surface area contributed by atoms with Crippen molar-refractivity contribution in [2.45, 2.75) is 71.5 Å². The lowest BCUT2D eigenvalue weighted by Crippen LogP contribution is -2.41. The van der Waals surface area contributed by atoms with Gasteiger partial charge in [0.1, 0.15) is 0 Å². The zero-order valence-corrected chi connectivity index (χ0v) is 12.6. The van der Waals surface area contributed by atoms with Crippen molar-refractivity contribution in [3.05, 3.63) is 24.2 Å². The molecule has 1 aliphatic rings. The summed E-state index contributed by atoms with van der Waals surface area (Å²) < 4.78 is 12.1. The van der Waals surface area contributed by atoms with Crippen LogP contribution in [-0.4, -0.2) is 18.3 Å². The zero-order chi connectivity index (χ0) is 13.8. The highest BCUT2D eigenvalue weighted by atomic mass is 16.7. The Hall–Kier alpha value is -0.535. The fourth-order valence-corrected chi connectivity index (χ4v) is 1.93. The molecule has 18 heavy (non-hydrogen) atoms. The minimum absolute atomic E-state index is 0.218. The van der Waals surface area contributed by atoms with E-state index < -0.39 is 0 Å². The number of hydrogen-bond donors (Lipinski definition) is 0.